The number of piperidine rings is 1. The number of likely N-dealkylation sites (N-methyl/N-ethyl adjacent to an activating group) is 1. The van der Waals surface area contributed by atoms with E-state index in [0.29, 0.717) is 32.2 Å². The molecule has 0 radical (unpaired) electrons. The molecule has 1 amide bonds. The summed E-state index contributed by atoms with van der Waals surface area (Å²) in [5, 5.41) is 3.25. The fourth-order valence-corrected chi connectivity index (χ4v) is 2.53. The van der Waals surface area contributed by atoms with E-state index >= 15 is 0 Å². The Balaban J connectivity index is 2.26. The lowest BCUT2D eigenvalue weighted by Crippen LogP contribution is -2.48. The minimum absolute atomic E-state index is 0.221. The molecule has 0 bridgehead atoms. The lowest BCUT2D eigenvalue weighted by molar-refractivity contribution is 0.0963. The molecule has 1 saturated heterocycles. The highest BCUT2D eigenvalue weighted by Crippen LogP contribution is 2.11. The smallest absolute Gasteiger partial charge is 0.409 e. The highest BCUT2D eigenvalue weighted by molar-refractivity contribution is 5.78. The normalized spacial score (nSPS) is 16.9. The first-order chi connectivity index (χ1) is 10.6. The summed E-state index contributed by atoms with van der Waals surface area (Å²) < 4.78 is 5.01. The number of carbonyl (C=O) groups excluding carboxylic acids is 1. The van der Waals surface area contributed by atoms with Crippen LogP contribution in [0.1, 0.15) is 33.6 Å². The second kappa shape index (κ2) is 10.3. The van der Waals surface area contributed by atoms with E-state index in [1.54, 1.807) is 4.90 Å². The van der Waals surface area contributed by atoms with Gasteiger partial charge in [0, 0.05) is 25.7 Å². The number of aliphatic imine (C=N–C) groups is 1. The Morgan fingerprint density at radius 3 is 2.50 bits per heavy atom. The van der Waals surface area contributed by atoms with Crippen LogP contribution >= 0.6 is 0 Å². The third-order valence-corrected chi connectivity index (χ3v) is 3.97. The molecule has 1 aliphatic heterocycles. The topological polar surface area (TPSA) is 83.2 Å². The Hall–Kier alpha value is -1.50. The van der Waals surface area contributed by atoms with E-state index in [1.807, 2.05) is 6.92 Å². The molecule has 0 aromatic carbocycles. The predicted octanol–water partition coefficient (Wildman–Crippen LogP) is 0.853. The summed E-state index contributed by atoms with van der Waals surface area (Å²) in [7, 11) is 0. The van der Waals surface area contributed by atoms with Crippen molar-refractivity contribution in [1.82, 2.24) is 15.1 Å². The van der Waals surface area contributed by atoms with E-state index in [1.165, 1.54) is 0 Å². The van der Waals surface area contributed by atoms with Crippen molar-refractivity contribution < 1.29 is 9.53 Å². The molecule has 0 aromatic rings. The van der Waals surface area contributed by atoms with Crippen LogP contribution in [0.3, 0.4) is 0 Å². The highest BCUT2D eigenvalue weighted by Gasteiger charge is 2.23. The lowest BCUT2D eigenvalue weighted by atomic mass is 10.1. The van der Waals surface area contributed by atoms with Crippen LogP contribution in [0.2, 0.25) is 0 Å². The summed E-state index contributed by atoms with van der Waals surface area (Å²) in [5.74, 6) is 0.502. The number of guanidine groups is 1. The van der Waals surface area contributed by atoms with Crippen molar-refractivity contribution in [3.8, 4) is 0 Å². The standard InChI is InChI=1S/C15H31N5O2/c1-4-19(5-2)12-9-17-14(16)18-13-7-10-20(11-8-13)15(21)22-6-3/h13H,4-12H2,1-3H3,(H3,16,17,18). The van der Waals surface area contributed by atoms with Gasteiger partial charge in [0.1, 0.15) is 0 Å². The van der Waals surface area contributed by atoms with E-state index in [2.05, 4.69) is 29.1 Å². The van der Waals surface area contributed by atoms with Crippen molar-refractivity contribution in [1.29, 1.82) is 0 Å². The number of hydrogen-bond acceptors (Lipinski definition) is 4. The molecular weight excluding hydrogens is 282 g/mol. The number of ether oxygens (including phenoxy) is 1. The molecule has 1 rings (SSSR count). The zero-order valence-corrected chi connectivity index (χ0v) is 14.2. The first-order valence-corrected chi connectivity index (χ1v) is 8.31. The van der Waals surface area contributed by atoms with E-state index in [-0.39, 0.29) is 12.1 Å². The Morgan fingerprint density at radius 1 is 1.32 bits per heavy atom. The molecule has 1 aliphatic rings. The number of amides is 1. The Bertz CT molecular complexity index is 350. The van der Waals surface area contributed by atoms with E-state index < -0.39 is 0 Å². The molecule has 0 saturated carbocycles. The van der Waals surface area contributed by atoms with Gasteiger partial charge in [-0.25, -0.2) is 4.79 Å². The minimum Gasteiger partial charge on any atom is -0.450 e. The van der Waals surface area contributed by atoms with Crippen LogP contribution in [0.25, 0.3) is 0 Å². The molecule has 3 N–H and O–H groups in total. The third-order valence-electron chi connectivity index (χ3n) is 3.97. The van der Waals surface area contributed by atoms with Gasteiger partial charge in [0.15, 0.2) is 5.96 Å². The molecule has 1 fully saturated rings. The van der Waals surface area contributed by atoms with E-state index in [4.69, 9.17) is 10.5 Å². The van der Waals surface area contributed by atoms with Crippen LogP contribution < -0.4 is 11.1 Å². The van der Waals surface area contributed by atoms with Crippen LogP contribution in [0, 0.1) is 0 Å². The molecule has 0 spiro atoms. The molecule has 0 unspecified atom stereocenters. The summed E-state index contributed by atoms with van der Waals surface area (Å²) >= 11 is 0. The first kappa shape index (κ1) is 18.5. The molecule has 0 aliphatic carbocycles. The van der Waals surface area contributed by atoms with Gasteiger partial charge in [0.25, 0.3) is 0 Å². The monoisotopic (exact) mass is 313 g/mol. The molecular formula is C15H31N5O2. The van der Waals surface area contributed by atoms with Crippen LogP contribution in [-0.2, 0) is 4.74 Å². The van der Waals surface area contributed by atoms with Gasteiger partial charge in [-0.05, 0) is 32.9 Å². The average Bonchev–Trinajstić information content (AvgIpc) is 2.52. The van der Waals surface area contributed by atoms with Gasteiger partial charge in [0.2, 0.25) is 0 Å². The van der Waals surface area contributed by atoms with Crippen LogP contribution in [-0.4, -0.2) is 73.8 Å². The zero-order valence-electron chi connectivity index (χ0n) is 14.2. The Morgan fingerprint density at radius 2 is 1.95 bits per heavy atom. The maximum atomic E-state index is 11.6. The average molecular weight is 313 g/mol. The third kappa shape index (κ3) is 6.51. The maximum Gasteiger partial charge on any atom is 0.409 e. The number of rotatable bonds is 7. The predicted molar refractivity (Wildman–Crippen MR) is 89.0 cm³/mol. The SMILES string of the molecule is CCOC(=O)N1CCC(NC(N)=NCCN(CC)CC)CC1. The second-order valence-electron chi connectivity index (χ2n) is 5.40. The largest absolute Gasteiger partial charge is 0.450 e. The van der Waals surface area contributed by atoms with Crippen molar-refractivity contribution in [2.45, 2.75) is 39.7 Å². The number of nitrogens with one attached hydrogen (secondary N) is 1. The molecule has 7 nitrogen and oxygen atoms in total. The number of carbonyl (C=O) groups is 1. The highest BCUT2D eigenvalue weighted by atomic mass is 16.6. The Kier molecular flexibility index (Phi) is 8.65. The summed E-state index contributed by atoms with van der Waals surface area (Å²) in [6, 6.07) is 0.280. The van der Waals surface area contributed by atoms with Gasteiger partial charge >= 0.3 is 6.09 Å². The van der Waals surface area contributed by atoms with Crippen molar-refractivity contribution >= 4 is 12.1 Å². The van der Waals surface area contributed by atoms with Crippen LogP contribution in [0.5, 0.6) is 0 Å². The molecule has 128 valence electrons. The van der Waals surface area contributed by atoms with Gasteiger partial charge in [-0.1, -0.05) is 13.8 Å². The number of nitrogens with two attached hydrogens (primary N) is 1. The summed E-state index contributed by atoms with van der Waals surface area (Å²) in [6.07, 6.45) is 1.51. The Labute approximate surface area is 133 Å². The molecule has 0 aromatic heterocycles. The molecule has 22 heavy (non-hydrogen) atoms. The van der Waals surface area contributed by atoms with Gasteiger partial charge in [-0.2, -0.15) is 0 Å². The van der Waals surface area contributed by atoms with Gasteiger partial charge in [-0.3, -0.25) is 4.99 Å². The summed E-state index contributed by atoms with van der Waals surface area (Å²) in [6.45, 7) is 11.6. The van der Waals surface area contributed by atoms with E-state index in [0.717, 1.165) is 32.5 Å². The van der Waals surface area contributed by atoms with E-state index in [9.17, 15) is 4.79 Å². The number of likely N-dealkylation sites (tertiary alicyclic amines) is 1. The van der Waals surface area contributed by atoms with Crippen molar-refractivity contribution in [3.63, 3.8) is 0 Å². The quantitative estimate of drug-likeness (QED) is 0.538. The molecule has 7 heteroatoms. The summed E-state index contributed by atoms with van der Waals surface area (Å²) in [5.41, 5.74) is 5.93. The lowest BCUT2D eigenvalue weighted by Gasteiger charge is -2.31. The van der Waals surface area contributed by atoms with Crippen molar-refractivity contribution in [2.75, 3.05) is 45.9 Å². The van der Waals surface area contributed by atoms with Gasteiger partial charge in [-0.15, -0.1) is 0 Å². The van der Waals surface area contributed by atoms with Crippen LogP contribution in [0.15, 0.2) is 4.99 Å². The van der Waals surface area contributed by atoms with Gasteiger partial charge < -0.3 is 25.6 Å². The first-order valence-electron chi connectivity index (χ1n) is 8.31. The fraction of sp³-hybridized carbons (Fsp3) is 0.867. The second-order valence-corrected chi connectivity index (χ2v) is 5.40. The summed E-state index contributed by atoms with van der Waals surface area (Å²) in [4.78, 5) is 20.1. The van der Waals surface area contributed by atoms with Crippen LogP contribution in [0.4, 0.5) is 4.79 Å². The maximum absolute atomic E-state index is 11.6. The van der Waals surface area contributed by atoms with Gasteiger partial charge in [0.05, 0.1) is 13.2 Å². The van der Waals surface area contributed by atoms with Crippen molar-refractivity contribution in [2.24, 2.45) is 10.7 Å². The molecule has 1 heterocycles. The number of hydrogen-bond donors (Lipinski definition) is 2. The molecule has 0 atom stereocenters. The fourth-order valence-electron chi connectivity index (χ4n) is 2.53. The zero-order chi connectivity index (χ0) is 16.4. The minimum atomic E-state index is -0.221. The van der Waals surface area contributed by atoms with Crippen molar-refractivity contribution in [3.05, 3.63) is 0 Å². The number of nitrogens with zero attached hydrogens (tertiary/aromatic N) is 3.